The summed E-state index contributed by atoms with van der Waals surface area (Å²) in [4.78, 5) is 12.6. The van der Waals surface area contributed by atoms with Gasteiger partial charge in [-0.2, -0.15) is 0 Å². The van der Waals surface area contributed by atoms with Gasteiger partial charge in [-0.1, -0.05) is 36.4 Å². The van der Waals surface area contributed by atoms with Crippen molar-refractivity contribution >= 4 is 16.7 Å². The van der Waals surface area contributed by atoms with Crippen molar-refractivity contribution in [1.29, 1.82) is 0 Å². The molecule has 0 saturated heterocycles. The zero-order valence-electron chi connectivity index (χ0n) is 12.2. The molecule has 3 aromatic rings. The number of aromatic nitrogens is 1. The normalized spacial score (nSPS) is 10.8. The van der Waals surface area contributed by atoms with Crippen LogP contribution in [0.3, 0.4) is 0 Å². The summed E-state index contributed by atoms with van der Waals surface area (Å²) < 4.78 is 7.31. The van der Waals surface area contributed by atoms with E-state index in [-0.39, 0.29) is 5.78 Å². The molecule has 0 aliphatic rings. The fourth-order valence-electron chi connectivity index (χ4n) is 2.68. The van der Waals surface area contributed by atoms with E-state index in [1.54, 1.807) is 7.11 Å². The van der Waals surface area contributed by atoms with Crippen molar-refractivity contribution < 1.29 is 9.53 Å². The lowest BCUT2D eigenvalue weighted by Crippen LogP contribution is -2.04. The molecular formula is C18H17NO2. The number of carbonyl (C=O) groups excluding carboxylic acids is 1. The van der Waals surface area contributed by atoms with Gasteiger partial charge in [-0.3, -0.25) is 4.79 Å². The number of hydrogen-bond donors (Lipinski definition) is 0. The molecule has 0 atom stereocenters. The van der Waals surface area contributed by atoms with Crippen LogP contribution in [-0.4, -0.2) is 17.5 Å². The fraction of sp³-hybridized carbons (Fsp3) is 0.167. The number of ketones is 1. The van der Waals surface area contributed by atoms with Crippen molar-refractivity contribution in [2.75, 3.05) is 7.11 Å². The minimum Gasteiger partial charge on any atom is -0.496 e. The third-order valence-corrected chi connectivity index (χ3v) is 3.74. The monoisotopic (exact) mass is 279 g/mol. The summed E-state index contributed by atoms with van der Waals surface area (Å²) in [6, 6.07) is 15.6. The van der Waals surface area contributed by atoms with Crippen molar-refractivity contribution in [3.8, 4) is 5.75 Å². The summed E-state index contributed by atoms with van der Waals surface area (Å²) >= 11 is 0. The van der Waals surface area contributed by atoms with Gasteiger partial charge in [0.05, 0.1) is 7.11 Å². The Kier molecular flexibility index (Phi) is 3.48. The van der Waals surface area contributed by atoms with Crippen LogP contribution in [0.15, 0.2) is 54.7 Å². The third-order valence-electron chi connectivity index (χ3n) is 3.74. The van der Waals surface area contributed by atoms with Gasteiger partial charge in [0.25, 0.3) is 0 Å². The zero-order valence-corrected chi connectivity index (χ0v) is 12.2. The summed E-state index contributed by atoms with van der Waals surface area (Å²) in [6.45, 7) is 0. The predicted octanol–water partition coefficient (Wildman–Crippen LogP) is 3.61. The van der Waals surface area contributed by atoms with Crippen LogP contribution in [-0.2, 0) is 13.5 Å². The van der Waals surface area contributed by atoms with E-state index in [1.165, 1.54) is 0 Å². The van der Waals surface area contributed by atoms with Crippen LogP contribution in [0.4, 0.5) is 0 Å². The number of Topliss-reactive ketones (excluding diaryl/α,β-unsaturated/α-hetero) is 1. The highest BCUT2D eigenvalue weighted by Crippen LogP contribution is 2.24. The maximum atomic E-state index is 12.6. The highest BCUT2D eigenvalue weighted by molar-refractivity contribution is 6.09. The topological polar surface area (TPSA) is 31.2 Å². The molecule has 1 aromatic heterocycles. The molecule has 0 fully saturated rings. The van der Waals surface area contributed by atoms with Gasteiger partial charge in [0.2, 0.25) is 0 Å². The lowest BCUT2D eigenvalue weighted by atomic mass is 10.0. The minimum absolute atomic E-state index is 0.108. The maximum Gasteiger partial charge on any atom is 0.169 e. The molecule has 3 nitrogen and oxygen atoms in total. The second kappa shape index (κ2) is 5.44. The molecule has 0 aliphatic carbocycles. The summed E-state index contributed by atoms with van der Waals surface area (Å²) in [5.41, 5.74) is 2.75. The number of ether oxygens (including phenoxy) is 1. The molecule has 2 aromatic carbocycles. The standard InChI is InChI=1S/C18H17NO2/c1-19-12-15(14-8-4-5-9-16(14)19)17(20)11-13-7-3-6-10-18(13)21-2/h3-10,12H,11H2,1-2H3. The largest absolute Gasteiger partial charge is 0.496 e. The molecule has 0 unspecified atom stereocenters. The molecule has 0 saturated carbocycles. The Balaban J connectivity index is 1.98. The number of methoxy groups -OCH3 is 1. The summed E-state index contributed by atoms with van der Waals surface area (Å²) in [7, 11) is 3.59. The van der Waals surface area contributed by atoms with E-state index in [2.05, 4.69) is 0 Å². The number of benzene rings is 2. The average Bonchev–Trinajstić information content (AvgIpc) is 2.86. The Morgan fingerprint density at radius 1 is 1.10 bits per heavy atom. The first kappa shape index (κ1) is 13.4. The number of hydrogen-bond acceptors (Lipinski definition) is 2. The van der Waals surface area contributed by atoms with E-state index in [1.807, 2.05) is 66.3 Å². The number of aryl methyl sites for hydroxylation is 1. The smallest absolute Gasteiger partial charge is 0.169 e. The van der Waals surface area contributed by atoms with Gasteiger partial charge in [0.15, 0.2) is 5.78 Å². The van der Waals surface area contributed by atoms with Gasteiger partial charge in [-0.15, -0.1) is 0 Å². The minimum atomic E-state index is 0.108. The van der Waals surface area contributed by atoms with E-state index in [9.17, 15) is 4.79 Å². The lowest BCUT2D eigenvalue weighted by Gasteiger charge is -2.07. The van der Waals surface area contributed by atoms with Crippen molar-refractivity contribution in [1.82, 2.24) is 4.57 Å². The first-order chi connectivity index (χ1) is 10.2. The Morgan fingerprint density at radius 2 is 1.81 bits per heavy atom. The first-order valence-corrected chi connectivity index (χ1v) is 6.90. The maximum absolute atomic E-state index is 12.6. The van der Waals surface area contributed by atoms with E-state index in [0.29, 0.717) is 6.42 Å². The summed E-state index contributed by atoms with van der Waals surface area (Å²) in [6.07, 6.45) is 2.25. The van der Waals surface area contributed by atoms with Crippen LogP contribution >= 0.6 is 0 Å². The van der Waals surface area contributed by atoms with Gasteiger partial charge >= 0.3 is 0 Å². The Labute approximate surface area is 123 Å². The van der Waals surface area contributed by atoms with E-state index in [0.717, 1.165) is 27.8 Å². The van der Waals surface area contributed by atoms with E-state index >= 15 is 0 Å². The van der Waals surface area contributed by atoms with Crippen molar-refractivity contribution in [3.63, 3.8) is 0 Å². The number of fused-ring (bicyclic) bond motifs is 1. The van der Waals surface area contributed by atoms with Crippen LogP contribution in [0.25, 0.3) is 10.9 Å². The molecule has 3 heteroatoms. The molecule has 0 aliphatic heterocycles. The highest BCUT2D eigenvalue weighted by Gasteiger charge is 2.15. The van der Waals surface area contributed by atoms with Gasteiger partial charge in [0, 0.05) is 41.7 Å². The van der Waals surface area contributed by atoms with Crippen molar-refractivity contribution in [2.45, 2.75) is 6.42 Å². The van der Waals surface area contributed by atoms with Crippen LogP contribution in [0.5, 0.6) is 5.75 Å². The molecular weight excluding hydrogens is 262 g/mol. The molecule has 21 heavy (non-hydrogen) atoms. The van der Waals surface area contributed by atoms with Crippen LogP contribution < -0.4 is 4.74 Å². The van der Waals surface area contributed by atoms with Crippen molar-refractivity contribution in [2.24, 2.45) is 7.05 Å². The van der Waals surface area contributed by atoms with Gasteiger partial charge in [0.1, 0.15) is 5.75 Å². The van der Waals surface area contributed by atoms with Gasteiger partial charge in [-0.05, 0) is 12.1 Å². The number of nitrogens with zero attached hydrogens (tertiary/aromatic N) is 1. The lowest BCUT2D eigenvalue weighted by molar-refractivity contribution is 0.0993. The number of carbonyl (C=O) groups is 1. The molecule has 1 heterocycles. The quantitative estimate of drug-likeness (QED) is 0.683. The molecule has 0 radical (unpaired) electrons. The molecule has 0 N–H and O–H groups in total. The van der Waals surface area contributed by atoms with Crippen LogP contribution in [0.2, 0.25) is 0 Å². The Hall–Kier alpha value is -2.55. The average molecular weight is 279 g/mol. The summed E-state index contributed by atoms with van der Waals surface area (Å²) in [5, 5.41) is 1.000. The predicted molar refractivity (Wildman–Crippen MR) is 83.9 cm³/mol. The SMILES string of the molecule is COc1ccccc1CC(=O)c1cn(C)c2ccccc12. The Bertz CT molecular complexity index is 802. The zero-order chi connectivity index (χ0) is 14.8. The van der Waals surface area contributed by atoms with E-state index in [4.69, 9.17) is 4.74 Å². The Morgan fingerprint density at radius 3 is 2.62 bits per heavy atom. The summed E-state index contributed by atoms with van der Waals surface area (Å²) in [5.74, 6) is 0.863. The van der Waals surface area contributed by atoms with Crippen LogP contribution in [0, 0.1) is 0 Å². The van der Waals surface area contributed by atoms with Gasteiger partial charge < -0.3 is 9.30 Å². The second-order valence-electron chi connectivity index (χ2n) is 5.08. The molecule has 3 rings (SSSR count). The highest BCUT2D eigenvalue weighted by atomic mass is 16.5. The van der Waals surface area contributed by atoms with Gasteiger partial charge in [-0.25, -0.2) is 0 Å². The van der Waals surface area contributed by atoms with Crippen LogP contribution in [0.1, 0.15) is 15.9 Å². The first-order valence-electron chi connectivity index (χ1n) is 6.90. The molecule has 0 spiro atoms. The van der Waals surface area contributed by atoms with Crippen molar-refractivity contribution in [3.05, 3.63) is 65.9 Å². The molecule has 0 bridgehead atoms. The second-order valence-corrected chi connectivity index (χ2v) is 5.08. The third kappa shape index (κ3) is 2.42. The molecule has 0 amide bonds. The fourth-order valence-corrected chi connectivity index (χ4v) is 2.68. The molecule has 106 valence electrons. The number of para-hydroxylation sites is 2. The number of rotatable bonds is 4. The van der Waals surface area contributed by atoms with E-state index < -0.39 is 0 Å².